The van der Waals surface area contributed by atoms with Crippen LogP contribution in [0, 0.1) is 12.7 Å². The van der Waals surface area contributed by atoms with E-state index in [1.165, 1.54) is 23.9 Å². The second kappa shape index (κ2) is 11.8. The molecule has 6 nitrogen and oxygen atoms in total. The number of nitrogens with one attached hydrogen (secondary N) is 2. The molecule has 0 bridgehead atoms. The molecule has 0 spiro atoms. The first kappa shape index (κ1) is 24.0. The van der Waals surface area contributed by atoms with Crippen molar-refractivity contribution in [2.75, 3.05) is 17.7 Å². The van der Waals surface area contributed by atoms with Crippen molar-refractivity contribution in [2.45, 2.75) is 18.4 Å². The summed E-state index contributed by atoms with van der Waals surface area (Å²) in [6.45, 7) is 1.71. The molecule has 0 aromatic heterocycles. The fourth-order valence-corrected chi connectivity index (χ4v) is 3.64. The average Bonchev–Trinajstić information content (AvgIpc) is 2.82. The molecule has 0 aliphatic carbocycles. The summed E-state index contributed by atoms with van der Waals surface area (Å²) in [6.07, 6.45) is 0. The fourth-order valence-electron chi connectivity index (χ4n) is 2.80. The van der Waals surface area contributed by atoms with Crippen LogP contribution in [0.25, 0.3) is 0 Å². The number of thioether (sulfide) groups is 1. The Morgan fingerprint density at radius 1 is 0.909 bits per heavy atom. The van der Waals surface area contributed by atoms with Gasteiger partial charge in [-0.3, -0.25) is 9.59 Å². The highest BCUT2D eigenvalue weighted by molar-refractivity contribution is 8.00. The maximum Gasteiger partial charge on any atom is 0.339 e. The molecule has 0 aliphatic heterocycles. The van der Waals surface area contributed by atoms with Gasteiger partial charge in [0.1, 0.15) is 5.82 Å². The minimum atomic E-state index is -0.658. The lowest BCUT2D eigenvalue weighted by Gasteiger charge is -2.10. The van der Waals surface area contributed by atoms with Crippen molar-refractivity contribution in [3.8, 4) is 0 Å². The number of carbonyl (C=O) groups excluding carboxylic acids is 3. The van der Waals surface area contributed by atoms with Crippen molar-refractivity contribution in [3.63, 3.8) is 0 Å². The molecule has 0 unspecified atom stereocenters. The van der Waals surface area contributed by atoms with E-state index >= 15 is 0 Å². The van der Waals surface area contributed by atoms with Gasteiger partial charge in [0.25, 0.3) is 5.91 Å². The second-order valence-electron chi connectivity index (χ2n) is 7.18. The zero-order chi connectivity index (χ0) is 23.6. The Balaban J connectivity index is 1.48. The van der Waals surface area contributed by atoms with Gasteiger partial charge in [0.15, 0.2) is 6.61 Å². The Labute approximate surface area is 195 Å². The number of halogens is 1. The molecule has 0 saturated heterocycles. The molecule has 0 aliphatic rings. The summed E-state index contributed by atoms with van der Waals surface area (Å²) < 4.78 is 18.1. The molecule has 33 heavy (non-hydrogen) atoms. The Morgan fingerprint density at radius 2 is 1.61 bits per heavy atom. The maximum absolute atomic E-state index is 12.9. The number of carbonyl (C=O) groups is 3. The Bertz CT molecular complexity index is 1120. The molecule has 2 amide bonds. The highest BCUT2D eigenvalue weighted by Crippen LogP contribution is 2.23. The van der Waals surface area contributed by atoms with Crippen LogP contribution in [0.4, 0.5) is 10.1 Å². The van der Waals surface area contributed by atoms with E-state index in [9.17, 15) is 18.8 Å². The molecule has 0 saturated carbocycles. The van der Waals surface area contributed by atoms with E-state index in [1.54, 1.807) is 36.4 Å². The molecule has 3 aromatic rings. The minimum absolute atomic E-state index is 0.107. The number of aryl methyl sites for hydroxylation is 1. The van der Waals surface area contributed by atoms with Crippen LogP contribution in [0.1, 0.15) is 21.5 Å². The molecule has 0 fully saturated rings. The number of rotatable bonds is 9. The van der Waals surface area contributed by atoms with E-state index in [2.05, 4.69) is 10.6 Å². The summed E-state index contributed by atoms with van der Waals surface area (Å²) in [4.78, 5) is 37.3. The SMILES string of the molecule is Cc1ccc(NC(=O)CSc2ccccc2C(=O)OCC(=O)NCc2ccc(F)cc2)cc1. The lowest BCUT2D eigenvalue weighted by Crippen LogP contribution is -2.28. The van der Waals surface area contributed by atoms with Crippen molar-refractivity contribution >= 4 is 35.2 Å². The van der Waals surface area contributed by atoms with Crippen molar-refractivity contribution in [2.24, 2.45) is 0 Å². The normalized spacial score (nSPS) is 10.4. The summed E-state index contributed by atoms with van der Waals surface area (Å²) in [5, 5.41) is 5.42. The van der Waals surface area contributed by atoms with Crippen LogP contribution in [0.15, 0.2) is 77.7 Å². The summed E-state index contributed by atoms with van der Waals surface area (Å²) in [7, 11) is 0. The number of ether oxygens (including phenoxy) is 1. The van der Waals surface area contributed by atoms with E-state index in [1.807, 2.05) is 31.2 Å². The van der Waals surface area contributed by atoms with Gasteiger partial charge in [0.05, 0.1) is 11.3 Å². The Kier molecular flexibility index (Phi) is 8.60. The third-order valence-corrected chi connectivity index (χ3v) is 5.61. The van der Waals surface area contributed by atoms with Crippen LogP contribution in [0.2, 0.25) is 0 Å². The van der Waals surface area contributed by atoms with Crippen LogP contribution in [-0.2, 0) is 20.9 Å². The van der Waals surface area contributed by atoms with Crippen LogP contribution in [0.5, 0.6) is 0 Å². The molecule has 2 N–H and O–H groups in total. The Hall–Kier alpha value is -3.65. The molecule has 8 heteroatoms. The highest BCUT2D eigenvalue weighted by atomic mass is 32.2. The predicted octanol–water partition coefficient (Wildman–Crippen LogP) is 4.34. The number of amides is 2. The molecular formula is C25H23FN2O4S. The van der Waals surface area contributed by atoms with Gasteiger partial charge < -0.3 is 15.4 Å². The van der Waals surface area contributed by atoms with Gasteiger partial charge in [-0.15, -0.1) is 11.8 Å². The fraction of sp³-hybridized carbons (Fsp3) is 0.160. The lowest BCUT2D eigenvalue weighted by molar-refractivity contribution is -0.124. The van der Waals surface area contributed by atoms with Crippen LogP contribution >= 0.6 is 11.8 Å². The monoisotopic (exact) mass is 466 g/mol. The summed E-state index contributed by atoms with van der Waals surface area (Å²) in [5.74, 6) is -1.59. The number of anilines is 1. The van der Waals surface area contributed by atoms with Crippen LogP contribution < -0.4 is 10.6 Å². The molecule has 3 aromatic carbocycles. The number of benzene rings is 3. The highest BCUT2D eigenvalue weighted by Gasteiger charge is 2.15. The third kappa shape index (κ3) is 7.76. The van der Waals surface area contributed by atoms with Crippen LogP contribution in [0.3, 0.4) is 0 Å². The van der Waals surface area contributed by atoms with Gasteiger partial charge in [-0.05, 0) is 48.9 Å². The lowest BCUT2D eigenvalue weighted by atomic mass is 10.2. The average molecular weight is 467 g/mol. The zero-order valence-corrected chi connectivity index (χ0v) is 18.8. The second-order valence-corrected chi connectivity index (χ2v) is 8.20. The van der Waals surface area contributed by atoms with Gasteiger partial charge in [0.2, 0.25) is 5.91 Å². The van der Waals surface area contributed by atoms with Crippen molar-refractivity contribution in [1.82, 2.24) is 5.32 Å². The summed E-state index contributed by atoms with van der Waals surface area (Å²) in [6, 6.07) is 19.9. The van der Waals surface area contributed by atoms with Gasteiger partial charge in [-0.1, -0.05) is 42.0 Å². The third-order valence-electron chi connectivity index (χ3n) is 4.54. The van der Waals surface area contributed by atoms with Crippen molar-refractivity contribution in [1.29, 1.82) is 0 Å². The maximum atomic E-state index is 12.9. The van der Waals surface area contributed by atoms with Crippen molar-refractivity contribution < 1.29 is 23.5 Å². The van der Waals surface area contributed by atoms with E-state index in [-0.39, 0.29) is 29.6 Å². The zero-order valence-electron chi connectivity index (χ0n) is 18.0. The van der Waals surface area contributed by atoms with E-state index < -0.39 is 18.5 Å². The summed E-state index contributed by atoms with van der Waals surface area (Å²) >= 11 is 1.20. The quantitative estimate of drug-likeness (QED) is 0.362. The summed E-state index contributed by atoms with van der Waals surface area (Å²) in [5.41, 5.74) is 2.79. The number of hydrogen-bond donors (Lipinski definition) is 2. The first-order valence-corrected chi connectivity index (χ1v) is 11.2. The van der Waals surface area contributed by atoms with E-state index in [4.69, 9.17) is 4.74 Å². The van der Waals surface area contributed by atoms with Gasteiger partial charge >= 0.3 is 5.97 Å². The molecule has 0 radical (unpaired) electrons. The Morgan fingerprint density at radius 3 is 2.33 bits per heavy atom. The van der Waals surface area contributed by atoms with Gasteiger partial charge in [-0.2, -0.15) is 0 Å². The van der Waals surface area contributed by atoms with E-state index in [0.717, 1.165) is 11.1 Å². The van der Waals surface area contributed by atoms with Crippen molar-refractivity contribution in [3.05, 3.63) is 95.3 Å². The molecule has 170 valence electrons. The van der Waals surface area contributed by atoms with Gasteiger partial charge in [0, 0.05) is 17.1 Å². The minimum Gasteiger partial charge on any atom is -0.452 e. The molecule has 0 heterocycles. The predicted molar refractivity (Wildman–Crippen MR) is 126 cm³/mol. The van der Waals surface area contributed by atoms with Gasteiger partial charge in [-0.25, -0.2) is 9.18 Å². The first-order chi connectivity index (χ1) is 15.9. The first-order valence-electron chi connectivity index (χ1n) is 10.2. The molecule has 3 rings (SSSR count). The molecule has 0 atom stereocenters. The number of esters is 1. The molecular weight excluding hydrogens is 443 g/mol. The number of hydrogen-bond acceptors (Lipinski definition) is 5. The van der Waals surface area contributed by atoms with Crippen LogP contribution in [-0.4, -0.2) is 30.1 Å². The topological polar surface area (TPSA) is 84.5 Å². The standard InChI is InChI=1S/C25H23FN2O4S/c1-17-6-12-20(13-7-17)28-24(30)16-33-22-5-3-2-4-21(22)25(31)32-15-23(29)27-14-18-8-10-19(26)11-9-18/h2-13H,14-16H2,1H3,(H,27,29)(H,28,30). The smallest absolute Gasteiger partial charge is 0.339 e. The van der Waals surface area contributed by atoms with E-state index in [0.29, 0.717) is 10.6 Å². The largest absolute Gasteiger partial charge is 0.452 e.